The van der Waals surface area contributed by atoms with Crippen molar-refractivity contribution in [3.63, 3.8) is 0 Å². The monoisotopic (exact) mass is 714 g/mol. The fourth-order valence-electron chi connectivity index (χ4n) is 6.59. The first-order chi connectivity index (χ1) is 24.7. The molecule has 0 radical (unpaired) electrons. The Hall–Kier alpha value is -3.87. The lowest BCUT2D eigenvalue weighted by Crippen LogP contribution is -2.39. The summed E-state index contributed by atoms with van der Waals surface area (Å²) in [7, 11) is 1.70. The molecule has 0 N–H and O–H groups in total. The van der Waals surface area contributed by atoms with Gasteiger partial charge in [-0.05, 0) is 86.3 Å². The van der Waals surface area contributed by atoms with Gasteiger partial charge in [-0.3, -0.25) is 0 Å². The molecule has 1 aliphatic rings. The summed E-state index contributed by atoms with van der Waals surface area (Å²) in [4.78, 5) is 0. The largest absolute Gasteiger partial charge is 0.497 e. The second-order valence-corrected chi connectivity index (χ2v) is 14.4. The van der Waals surface area contributed by atoms with Crippen LogP contribution in [0.3, 0.4) is 0 Å². The fourth-order valence-corrected chi connectivity index (χ4v) is 8.35. The summed E-state index contributed by atoms with van der Waals surface area (Å²) in [5, 5.41) is 9.27. The molecule has 51 heavy (non-hydrogen) atoms. The maximum Gasteiger partial charge on any atom is 0.259 e. The van der Waals surface area contributed by atoms with E-state index in [0.717, 1.165) is 33.8 Å². The SMILES string of the molecule is COc1ccc(C(OC[C@H]2O[C@@H](c3cccc(F)c3)C[C@@H]2OP(OCCC#N)N(C(C)C)C(C)C)(c2ccccc2)c2ccc(OC)cc2)cc1. The third-order valence-corrected chi connectivity index (χ3v) is 11.1. The summed E-state index contributed by atoms with van der Waals surface area (Å²) in [6.45, 7) is 8.79. The van der Waals surface area contributed by atoms with E-state index in [1.54, 1.807) is 20.3 Å². The molecule has 8 nitrogen and oxygen atoms in total. The Morgan fingerprint density at radius 2 is 1.43 bits per heavy atom. The molecule has 4 aromatic carbocycles. The highest BCUT2D eigenvalue weighted by Gasteiger charge is 2.44. The molecule has 0 spiro atoms. The summed E-state index contributed by atoms with van der Waals surface area (Å²) in [5.41, 5.74) is 2.37. The number of ether oxygens (including phenoxy) is 4. The molecule has 0 aromatic heterocycles. The van der Waals surface area contributed by atoms with Gasteiger partial charge in [-0.25, -0.2) is 9.06 Å². The predicted octanol–water partition coefficient (Wildman–Crippen LogP) is 9.34. The number of benzene rings is 4. The lowest BCUT2D eigenvalue weighted by atomic mass is 9.80. The average Bonchev–Trinajstić information content (AvgIpc) is 3.55. The Labute approximate surface area is 303 Å². The van der Waals surface area contributed by atoms with Crippen molar-refractivity contribution in [3.8, 4) is 17.6 Å². The molecule has 1 aliphatic heterocycles. The topological polar surface area (TPSA) is 82.4 Å². The second-order valence-electron chi connectivity index (χ2n) is 13.0. The molecule has 4 aromatic rings. The van der Waals surface area contributed by atoms with E-state index in [1.165, 1.54) is 12.1 Å². The van der Waals surface area contributed by atoms with Crippen molar-refractivity contribution < 1.29 is 32.4 Å². The molecule has 0 amide bonds. The quantitative estimate of drug-likeness (QED) is 0.0608. The van der Waals surface area contributed by atoms with Crippen LogP contribution in [0, 0.1) is 17.1 Å². The number of methoxy groups -OCH3 is 2. The maximum atomic E-state index is 14.5. The zero-order valence-corrected chi connectivity index (χ0v) is 31.1. The minimum absolute atomic E-state index is 0.116. The number of halogens is 1. The molecule has 0 bridgehead atoms. The third-order valence-electron chi connectivity index (χ3n) is 8.95. The lowest BCUT2D eigenvalue weighted by Gasteiger charge is -2.39. The van der Waals surface area contributed by atoms with E-state index in [4.69, 9.17) is 28.0 Å². The summed E-state index contributed by atoms with van der Waals surface area (Å²) >= 11 is 0. The van der Waals surface area contributed by atoms with E-state index in [9.17, 15) is 9.65 Å². The minimum Gasteiger partial charge on any atom is -0.497 e. The summed E-state index contributed by atoms with van der Waals surface area (Å²) in [5.74, 6) is 1.12. The van der Waals surface area contributed by atoms with Gasteiger partial charge >= 0.3 is 0 Å². The van der Waals surface area contributed by atoms with Gasteiger partial charge in [0.15, 0.2) is 0 Å². The van der Waals surface area contributed by atoms with Crippen molar-refractivity contribution >= 4 is 8.53 Å². The molecule has 1 fully saturated rings. The van der Waals surface area contributed by atoms with Crippen molar-refractivity contribution in [2.24, 2.45) is 0 Å². The number of hydrogen-bond acceptors (Lipinski definition) is 8. The van der Waals surface area contributed by atoms with E-state index in [0.29, 0.717) is 6.42 Å². The summed E-state index contributed by atoms with van der Waals surface area (Å²) < 4.78 is 54.9. The lowest BCUT2D eigenvalue weighted by molar-refractivity contribution is -0.0806. The first kappa shape index (κ1) is 38.4. The third kappa shape index (κ3) is 9.14. The molecule has 10 heteroatoms. The zero-order chi connectivity index (χ0) is 36.4. The highest BCUT2D eigenvalue weighted by Crippen LogP contribution is 2.51. The van der Waals surface area contributed by atoms with Gasteiger partial charge in [0.1, 0.15) is 29.0 Å². The first-order valence-electron chi connectivity index (χ1n) is 17.3. The highest BCUT2D eigenvalue weighted by molar-refractivity contribution is 7.44. The van der Waals surface area contributed by atoms with Gasteiger partial charge in [-0.2, -0.15) is 5.26 Å². The van der Waals surface area contributed by atoms with Crippen molar-refractivity contribution in [2.75, 3.05) is 27.4 Å². The standard InChI is InChI=1S/C41H48FN2O6P/c1-29(2)44(30(3)4)51(48-25-11-24-43)50-39-27-38(31-12-10-15-35(42)26-31)49-40(39)28-47-41(32-13-8-7-9-14-32,33-16-20-36(45-5)21-17-33)34-18-22-37(46-6)23-19-34/h7-10,12-23,26,29-30,38-40H,11,25,27-28H2,1-6H3/t38-,39+,40-,51?/m1/s1. The van der Waals surface area contributed by atoms with Crippen LogP contribution in [0.25, 0.3) is 0 Å². The van der Waals surface area contributed by atoms with Crippen LogP contribution in [0.4, 0.5) is 4.39 Å². The Kier molecular flexibility index (Phi) is 13.6. The number of rotatable bonds is 17. The van der Waals surface area contributed by atoms with Crippen LogP contribution in [0.2, 0.25) is 0 Å². The molecule has 0 saturated carbocycles. The first-order valence-corrected chi connectivity index (χ1v) is 18.5. The average molecular weight is 715 g/mol. The van der Waals surface area contributed by atoms with Crippen LogP contribution in [-0.2, 0) is 24.1 Å². The molecule has 1 unspecified atom stereocenters. The maximum absolute atomic E-state index is 14.5. The van der Waals surface area contributed by atoms with E-state index in [-0.39, 0.29) is 37.5 Å². The number of hydrogen-bond donors (Lipinski definition) is 0. The Morgan fingerprint density at radius 3 is 1.96 bits per heavy atom. The van der Waals surface area contributed by atoms with Crippen LogP contribution in [0.5, 0.6) is 11.5 Å². The van der Waals surface area contributed by atoms with Crippen molar-refractivity contribution in [3.05, 3.63) is 131 Å². The van der Waals surface area contributed by atoms with Crippen LogP contribution in [0.1, 0.15) is 68.9 Å². The van der Waals surface area contributed by atoms with E-state index >= 15 is 0 Å². The van der Waals surface area contributed by atoms with Gasteiger partial charge in [-0.1, -0.05) is 66.7 Å². The molecule has 270 valence electrons. The van der Waals surface area contributed by atoms with E-state index in [1.807, 2.05) is 72.8 Å². The van der Waals surface area contributed by atoms with Crippen LogP contribution in [0.15, 0.2) is 103 Å². The number of nitrogens with zero attached hydrogens (tertiary/aromatic N) is 2. The molecule has 0 aliphatic carbocycles. The van der Waals surface area contributed by atoms with E-state index < -0.39 is 32.4 Å². The molecule has 1 heterocycles. The van der Waals surface area contributed by atoms with Gasteiger partial charge in [-0.15, -0.1) is 0 Å². The number of nitriles is 1. The predicted molar refractivity (Wildman–Crippen MR) is 197 cm³/mol. The minimum atomic E-state index is -1.58. The van der Waals surface area contributed by atoms with E-state index in [2.05, 4.69) is 50.6 Å². The smallest absolute Gasteiger partial charge is 0.259 e. The molecular formula is C41H48FN2O6P. The molecule has 4 atom stereocenters. The van der Waals surface area contributed by atoms with Gasteiger partial charge in [0.2, 0.25) is 0 Å². The van der Waals surface area contributed by atoms with Crippen molar-refractivity contribution in [1.82, 2.24) is 4.67 Å². The van der Waals surface area contributed by atoms with Crippen LogP contribution < -0.4 is 9.47 Å². The van der Waals surface area contributed by atoms with Crippen molar-refractivity contribution in [2.45, 2.75) is 76.5 Å². The zero-order valence-electron chi connectivity index (χ0n) is 30.2. The Balaban J connectivity index is 1.57. The van der Waals surface area contributed by atoms with Crippen LogP contribution >= 0.6 is 8.53 Å². The summed E-state index contributed by atoms with van der Waals surface area (Å²) in [6, 6.07) is 34.7. The van der Waals surface area contributed by atoms with Gasteiger partial charge in [0, 0.05) is 18.5 Å². The van der Waals surface area contributed by atoms with Gasteiger partial charge in [0.05, 0.1) is 52.1 Å². The molecule has 5 rings (SSSR count). The normalized spacial score (nSPS) is 18.3. The highest BCUT2D eigenvalue weighted by atomic mass is 31.2. The Morgan fingerprint density at radius 1 is 0.843 bits per heavy atom. The fraction of sp³-hybridized carbons (Fsp3) is 0.390. The van der Waals surface area contributed by atoms with Gasteiger partial charge < -0.3 is 28.0 Å². The van der Waals surface area contributed by atoms with Crippen molar-refractivity contribution in [1.29, 1.82) is 5.26 Å². The molecule has 1 saturated heterocycles. The van der Waals surface area contributed by atoms with Gasteiger partial charge in [0.25, 0.3) is 8.53 Å². The molecular weight excluding hydrogens is 666 g/mol. The van der Waals surface area contributed by atoms with Crippen LogP contribution in [-0.4, -0.2) is 56.4 Å². The second kappa shape index (κ2) is 18.1. The summed E-state index contributed by atoms with van der Waals surface area (Å²) in [6.07, 6.45) is -0.745. The Bertz CT molecular complexity index is 1640.